The van der Waals surface area contributed by atoms with Crippen LogP contribution < -0.4 is 56.0 Å². The average molecular weight is 1790 g/mol. The smallest absolute Gasteiger partial charge is 0.282 e. The molecule has 29 nitrogen and oxygen atoms in total. The summed E-state index contributed by atoms with van der Waals surface area (Å²) in [6, 6.07) is 54.6. The molecule has 16 aromatic rings. The number of aromatic hydroxyl groups is 1. The molecule has 670 valence electrons. The first kappa shape index (κ1) is 89.9. The topological polar surface area (TPSA) is 310 Å². The minimum absolute atomic E-state index is 0.0236. The second kappa shape index (κ2) is 39.6. The third-order valence-corrected chi connectivity index (χ3v) is 24.7. The number of anilines is 4. The Balaban J connectivity index is 0.000000126. The van der Waals surface area contributed by atoms with Gasteiger partial charge in [0, 0.05) is 123 Å². The summed E-state index contributed by atoms with van der Waals surface area (Å²) in [5, 5.41) is 20.8. The van der Waals surface area contributed by atoms with Gasteiger partial charge in [-0.25, -0.2) is 39.9 Å². The molecule has 4 aliphatic heterocycles. The summed E-state index contributed by atoms with van der Waals surface area (Å²) in [6.07, 6.45) is 16.6. The van der Waals surface area contributed by atoms with E-state index in [2.05, 4.69) is 79.2 Å². The van der Waals surface area contributed by atoms with E-state index in [4.69, 9.17) is 25.8 Å². The Kier molecular flexibility index (Phi) is 27.0. The quantitative estimate of drug-likeness (QED) is 0.0781. The molecule has 0 atom stereocenters. The maximum Gasteiger partial charge on any atom is 0.282 e. The molecule has 4 fully saturated rings. The highest BCUT2D eigenvalue weighted by Gasteiger charge is 2.30. The number of allylic oxidation sites excluding steroid dienone is 1. The zero-order valence-electron chi connectivity index (χ0n) is 74.5. The number of benzene rings is 8. The number of carbonyl (C=O) groups excluding carboxylic acids is 3. The highest BCUT2D eigenvalue weighted by atomic mass is 35.5. The molecule has 0 bridgehead atoms. The van der Waals surface area contributed by atoms with E-state index in [1.54, 1.807) is 50.9 Å². The van der Waals surface area contributed by atoms with Gasteiger partial charge < -0.3 is 48.7 Å². The van der Waals surface area contributed by atoms with Crippen LogP contribution in [0, 0.1) is 27.7 Å². The van der Waals surface area contributed by atoms with Crippen LogP contribution in [-0.2, 0) is 14.4 Å². The standard InChI is InChI=1S/C26H25N5O3.C25H23N5O3.2C24H24N4O2.C3H3ClO/c1-4-22(32)29-11-13-30(14-12-29)25-20-15-17(2)31(26(33)23(20)27-16-28-25)24-19-8-6-5-7-18(19)9-10-21(24)34-3;1-3-21(32)28-10-12-29(13-11-28)24-19-14-16(2)30(25(33)22(19)26-15-27-24)23-18-7-5-4-6-17(18)8-9-20(23)31;2*1-16-14-19-21(25-15-26-23(19)27-12-6-3-7-13-27)24(29)28(16)22-18-9-5-4-8-17(18)10-11-20(22)30-2;1-2-3(4)5/h4-10,15-16H,1,11-14H2,2-3H3;3-9,14-15,31H,1,10-13H2,2H3;2*4-5,8-11,14-15H,3,6-7,12-13H2,1-2H3;2H,1H2. The average Bonchev–Trinajstić information content (AvgIpc) is 0.755. The molecule has 30 heteroatoms. The van der Waals surface area contributed by atoms with Crippen LogP contribution >= 0.6 is 11.6 Å². The number of phenols is 1. The predicted molar refractivity (Wildman–Crippen MR) is 522 cm³/mol. The van der Waals surface area contributed by atoms with Gasteiger partial charge in [0.25, 0.3) is 22.2 Å². The molecular weight excluding hydrogens is 1690 g/mol. The normalized spacial score (nSPS) is 13.9. The fourth-order valence-electron chi connectivity index (χ4n) is 18.2. The number of pyridine rings is 4. The third-order valence-electron chi connectivity index (χ3n) is 24.5. The van der Waals surface area contributed by atoms with Crippen molar-refractivity contribution < 1.29 is 33.7 Å². The molecule has 0 unspecified atom stereocenters. The van der Waals surface area contributed by atoms with Crippen LogP contribution in [0.1, 0.15) is 61.3 Å². The number of fused-ring (bicyclic) bond motifs is 8. The molecule has 20 rings (SSSR count). The van der Waals surface area contributed by atoms with E-state index < -0.39 is 5.24 Å². The summed E-state index contributed by atoms with van der Waals surface area (Å²) in [7, 11) is 4.86. The van der Waals surface area contributed by atoms with E-state index in [1.165, 1.54) is 54.9 Å². The van der Waals surface area contributed by atoms with Gasteiger partial charge in [-0.3, -0.25) is 51.8 Å². The van der Waals surface area contributed by atoms with Crippen LogP contribution in [0.2, 0.25) is 0 Å². The molecule has 4 saturated heterocycles. The van der Waals surface area contributed by atoms with Gasteiger partial charge in [-0.2, -0.15) is 0 Å². The summed E-state index contributed by atoms with van der Waals surface area (Å²) in [5.74, 6) is 4.87. The fraction of sp³-hybridized carbons (Fsp3) is 0.245. The number of hydrogen-bond acceptors (Lipinski definition) is 23. The predicted octanol–water partition coefficient (Wildman–Crippen LogP) is 15.3. The zero-order chi connectivity index (χ0) is 92.5. The number of rotatable bonds is 14. The molecule has 0 aliphatic carbocycles. The van der Waals surface area contributed by atoms with Crippen LogP contribution in [0.25, 0.3) is 109 Å². The van der Waals surface area contributed by atoms with Crippen LogP contribution in [0.15, 0.2) is 252 Å². The summed E-state index contributed by atoms with van der Waals surface area (Å²) < 4.78 is 23.6. The summed E-state index contributed by atoms with van der Waals surface area (Å²) in [6.45, 7) is 26.4. The molecule has 1 N–H and O–H groups in total. The highest BCUT2D eigenvalue weighted by molar-refractivity contribution is 6.66. The molecule has 0 spiro atoms. The molecule has 132 heavy (non-hydrogen) atoms. The van der Waals surface area contributed by atoms with E-state index in [1.807, 2.05) is 191 Å². The van der Waals surface area contributed by atoms with Crippen LogP contribution in [0.5, 0.6) is 23.0 Å². The van der Waals surface area contributed by atoms with Gasteiger partial charge in [-0.05, 0) is 166 Å². The number of carbonyl (C=O) groups is 3. The highest BCUT2D eigenvalue weighted by Crippen LogP contribution is 2.39. The maximum absolute atomic E-state index is 13.8. The number of hydrogen-bond donors (Lipinski definition) is 1. The van der Waals surface area contributed by atoms with Crippen molar-refractivity contribution in [3.63, 3.8) is 0 Å². The minimum atomic E-state index is -0.509. The van der Waals surface area contributed by atoms with Crippen molar-refractivity contribution in [2.24, 2.45) is 0 Å². The second-order valence-corrected chi connectivity index (χ2v) is 32.7. The molecular formula is C102H99ClN18O11. The van der Waals surface area contributed by atoms with Crippen LogP contribution in [0.3, 0.4) is 0 Å². The van der Waals surface area contributed by atoms with Crippen molar-refractivity contribution in [1.82, 2.24) is 67.9 Å². The second-order valence-electron chi connectivity index (χ2n) is 32.3. The largest absolute Gasteiger partial charge is 0.506 e. The van der Waals surface area contributed by atoms with Gasteiger partial charge in [-0.1, -0.05) is 141 Å². The molecule has 8 aromatic carbocycles. The Morgan fingerprint density at radius 2 is 0.576 bits per heavy atom. The van der Waals surface area contributed by atoms with E-state index >= 15 is 0 Å². The molecule has 2 amide bonds. The van der Waals surface area contributed by atoms with Gasteiger partial charge >= 0.3 is 0 Å². The Bertz CT molecular complexity index is 7270. The lowest BCUT2D eigenvalue weighted by Gasteiger charge is -2.35. The maximum atomic E-state index is 13.8. The van der Waals surface area contributed by atoms with Crippen molar-refractivity contribution in [3.8, 4) is 45.7 Å². The minimum Gasteiger partial charge on any atom is -0.506 e. The Morgan fingerprint density at radius 1 is 0.326 bits per heavy atom. The number of halogens is 1. The molecule has 0 radical (unpaired) electrons. The lowest BCUT2D eigenvalue weighted by molar-refractivity contribution is -0.127. The fourth-order valence-corrected chi connectivity index (χ4v) is 18.2. The van der Waals surface area contributed by atoms with Gasteiger partial charge in [0.1, 0.15) is 93.6 Å². The molecule has 0 saturated carbocycles. The van der Waals surface area contributed by atoms with Crippen molar-refractivity contribution in [2.45, 2.75) is 66.2 Å². The monoisotopic (exact) mass is 1790 g/mol. The van der Waals surface area contributed by atoms with Crippen molar-refractivity contribution in [3.05, 3.63) is 297 Å². The Morgan fingerprint density at radius 3 is 0.841 bits per heavy atom. The first-order valence-electron chi connectivity index (χ1n) is 43.7. The Labute approximate surface area is 764 Å². The SMILES string of the molecule is C=CC(=O)Cl.C=CC(=O)N1CCN(c2ncnc3c(=O)n(-c4c(O)ccc5ccccc45)c(C)cc23)CC1.C=CC(=O)N1CCN(c2ncnc3c(=O)n(-c4c(OC)ccc5ccccc45)c(C)cc23)CC1.COc1ccc2ccccc2c1-n1c(C)cc2c(N3CCCCC3)ncnc2c1=O.COc1ccc2ccccc2c1-n1c(C)cc2c(N3CCCCC3)ncnc2c1=O. The number of piperidine rings is 2. The van der Waals surface area contributed by atoms with Gasteiger partial charge in [0.05, 0.1) is 65.6 Å². The number of nitrogens with zero attached hydrogens (tertiary/aromatic N) is 18. The van der Waals surface area contributed by atoms with Gasteiger partial charge in [0.15, 0.2) is 0 Å². The number of piperazine rings is 2. The summed E-state index contributed by atoms with van der Waals surface area (Å²) in [4.78, 5) is 136. The number of phenolic OH excluding ortho intramolecular Hbond substituents is 1. The number of ether oxygens (including phenoxy) is 3. The van der Waals surface area contributed by atoms with Gasteiger partial charge in [0.2, 0.25) is 17.1 Å². The summed E-state index contributed by atoms with van der Waals surface area (Å²) in [5.41, 5.74) is 6.35. The van der Waals surface area contributed by atoms with Crippen LogP contribution in [-0.4, -0.2) is 190 Å². The lowest BCUT2D eigenvalue weighted by atomic mass is 10.1. The lowest BCUT2D eigenvalue weighted by Crippen LogP contribution is -2.48. The van der Waals surface area contributed by atoms with Gasteiger partial charge in [-0.15, -0.1) is 0 Å². The van der Waals surface area contributed by atoms with E-state index in [-0.39, 0.29) is 45.3 Å². The number of aromatic nitrogens is 12. The number of amides is 2. The molecule has 8 aromatic heterocycles. The Hall–Kier alpha value is -15.5. The number of methoxy groups -OCH3 is 3. The van der Waals surface area contributed by atoms with E-state index in [0.29, 0.717) is 126 Å². The first-order valence-corrected chi connectivity index (χ1v) is 44.1. The van der Waals surface area contributed by atoms with Crippen molar-refractivity contribution >= 4 is 139 Å². The third kappa shape index (κ3) is 17.7. The van der Waals surface area contributed by atoms with Crippen molar-refractivity contribution in [1.29, 1.82) is 0 Å². The van der Waals surface area contributed by atoms with E-state index in [9.17, 15) is 38.7 Å². The van der Waals surface area contributed by atoms with E-state index in [0.717, 1.165) is 152 Å². The molecule has 4 aliphatic rings. The zero-order valence-corrected chi connectivity index (χ0v) is 75.3. The number of aryl methyl sites for hydroxylation is 4. The van der Waals surface area contributed by atoms with Crippen molar-refractivity contribution in [2.75, 3.05) is 119 Å². The summed E-state index contributed by atoms with van der Waals surface area (Å²) >= 11 is 4.71. The molecule has 12 heterocycles. The first-order chi connectivity index (χ1) is 64.2. The van der Waals surface area contributed by atoms with Crippen LogP contribution in [0.4, 0.5) is 23.3 Å².